The van der Waals surface area contributed by atoms with Crippen LogP contribution in [0, 0.1) is 0 Å². The molecule has 1 aromatic carbocycles. The molecule has 156 valence electrons. The lowest BCUT2D eigenvalue weighted by Gasteiger charge is -2.34. The minimum Gasteiger partial charge on any atom is -0.467 e. The van der Waals surface area contributed by atoms with Crippen LogP contribution in [0.3, 0.4) is 0 Å². The summed E-state index contributed by atoms with van der Waals surface area (Å²) in [5.41, 5.74) is -3.55. The summed E-state index contributed by atoms with van der Waals surface area (Å²) in [4.78, 5) is 26.9. The third-order valence-electron chi connectivity index (χ3n) is 4.49. The molecular weight excluding hydrogens is 424 g/mol. The number of esters is 1. The summed E-state index contributed by atoms with van der Waals surface area (Å²) < 4.78 is 83.2. The zero-order valence-electron chi connectivity index (χ0n) is 14.7. The van der Waals surface area contributed by atoms with Crippen LogP contribution in [-0.2, 0) is 28.3 Å². The lowest BCUT2D eigenvalue weighted by molar-refractivity contribution is -0.147. The molecule has 1 unspecified atom stereocenters. The van der Waals surface area contributed by atoms with Crippen LogP contribution < -0.4 is 0 Å². The van der Waals surface area contributed by atoms with E-state index in [-0.39, 0.29) is 12.6 Å². The number of benzene rings is 1. The monoisotopic (exact) mass is 437 g/mol. The molecule has 0 saturated heterocycles. The van der Waals surface area contributed by atoms with Crippen LogP contribution in [0.2, 0.25) is 0 Å². The normalized spacial score (nSPS) is 17.1. The van der Waals surface area contributed by atoms with E-state index >= 15 is 0 Å². The van der Waals surface area contributed by atoms with Gasteiger partial charge in [0.15, 0.2) is 6.04 Å². The molecule has 1 aromatic heterocycles. The van der Waals surface area contributed by atoms with Gasteiger partial charge in [-0.2, -0.15) is 26.3 Å². The van der Waals surface area contributed by atoms with Crippen molar-refractivity contribution in [2.24, 2.45) is 0 Å². The molecule has 4 nitrogen and oxygen atoms in total. The summed E-state index contributed by atoms with van der Waals surface area (Å²) >= 11 is 1.33. The third-order valence-corrected chi connectivity index (χ3v) is 5.48. The maximum absolute atomic E-state index is 13.1. The van der Waals surface area contributed by atoms with Crippen molar-refractivity contribution < 1.29 is 40.7 Å². The summed E-state index contributed by atoms with van der Waals surface area (Å²) in [7, 11) is 1.08. The van der Waals surface area contributed by atoms with Crippen molar-refractivity contribution in [2.75, 3.05) is 13.7 Å². The Labute approximate surface area is 164 Å². The summed E-state index contributed by atoms with van der Waals surface area (Å²) in [6.45, 7) is -0.0519. The van der Waals surface area contributed by atoms with E-state index in [2.05, 4.69) is 0 Å². The standard InChI is InChI=1S/C18H13F6NO3S/c1-28-16(27)14-12-3-5-29-13(12)2-4-25(14)15(26)9-6-10(17(19,20)21)8-11(7-9)18(22,23)24/h3,5-8,14H,2,4H2,1H3. The van der Waals surface area contributed by atoms with Crippen LogP contribution in [-0.4, -0.2) is 30.4 Å². The van der Waals surface area contributed by atoms with Gasteiger partial charge >= 0.3 is 18.3 Å². The van der Waals surface area contributed by atoms with Gasteiger partial charge in [-0.15, -0.1) is 11.3 Å². The third kappa shape index (κ3) is 4.09. The van der Waals surface area contributed by atoms with Crippen LogP contribution in [0.15, 0.2) is 29.6 Å². The predicted octanol–water partition coefficient (Wildman–Crippen LogP) is 4.70. The first kappa shape index (κ1) is 21.2. The molecule has 2 aromatic rings. The van der Waals surface area contributed by atoms with E-state index in [1.54, 1.807) is 11.4 Å². The number of hydrogen-bond donors (Lipinski definition) is 0. The van der Waals surface area contributed by atoms with Crippen molar-refractivity contribution in [3.63, 3.8) is 0 Å². The van der Waals surface area contributed by atoms with Crippen LogP contribution in [0.4, 0.5) is 26.3 Å². The first-order chi connectivity index (χ1) is 13.4. The fourth-order valence-corrected chi connectivity index (χ4v) is 4.05. The quantitative estimate of drug-likeness (QED) is 0.506. The number of carbonyl (C=O) groups is 2. The highest BCUT2D eigenvalue weighted by Gasteiger charge is 2.41. The second kappa shape index (κ2) is 7.36. The zero-order chi connectivity index (χ0) is 21.6. The fraction of sp³-hybridized carbons (Fsp3) is 0.333. The lowest BCUT2D eigenvalue weighted by atomic mass is 9.97. The predicted molar refractivity (Wildman–Crippen MR) is 90.3 cm³/mol. The molecule has 2 heterocycles. The number of alkyl halides is 6. The highest BCUT2D eigenvalue weighted by Crippen LogP contribution is 2.38. The van der Waals surface area contributed by atoms with Gasteiger partial charge in [0, 0.05) is 17.0 Å². The Kier molecular flexibility index (Phi) is 5.37. The van der Waals surface area contributed by atoms with Gasteiger partial charge in [0.1, 0.15) is 0 Å². The molecule has 0 N–H and O–H groups in total. The van der Waals surface area contributed by atoms with Gasteiger partial charge < -0.3 is 9.64 Å². The van der Waals surface area contributed by atoms with Crippen molar-refractivity contribution in [1.82, 2.24) is 4.90 Å². The number of fused-ring (bicyclic) bond motifs is 1. The van der Waals surface area contributed by atoms with E-state index in [9.17, 15) is 35.9 Å². The van der Waals surface area contributed by atoms with Gasteiger partial charge in [-0.1, -0.05) is 0 Å². The average molecular weight is 437 g/mol. The summed E-state index contributed by atoms with van der Waals surface area (Å²) in [5.74, 6) is -1.95. The Morgan fingerprint density at radius 1 is 1.07 bits per heavy atom. The van der Waals surface area contributed by atoms with E-state index in [0.29, 0.717) is 24.1 Å². The van der Waals surface area contributed by atoms with Crippen LogP contribution >= 0.6 is 11.3 Å². The molecule has 1 aliphatic rings. The number of hydrogen-bond acceptors (Lipinski definition) is 4. The summed E-state index contributed by atoms with van der Waals surface area (Å²) in [5, 5.41) is 1.68. The maximum Gasteiger partial charge on any atom is 0.416 e. The number of methoxy groups -OCH3 is 1. The zero-order valence-corrected chi connectivity index (χ0v) is 15.5. The van der Waals surface area contributed by atoms with Gasteiger partial charge in [0.2, 0.25) is 0 Å². The molecule has 29 heavy (non-hydrogen) atoms. The van der Waals surface area contributed by atoms with Gasteiger partial charge in [0.25, 0.3) is 5.91 Å². The molecule has 0 aliphatic carbocycles. The Morgan fingerprint density at radius 2 is 1.66 bits per heavy atom. The van der Waals surface area contributed by atoms with E-state index in [1.165, 1.54) is 11.3 Å². The van der Waals surface area contributed by atoms with E-state index in [1.807, 2.05) is 0 Å². The number of nitrogens with zero attached hydrogens (tertiary/aromatic N) is 1. The molecule has 0 radical (unpaired) electrons. The number of amides is 1. The number of halogens is 6. The van der Waals surface area contributed by atoms with Gasteiger partial charge in [-0.25, -0.2) is 4.79 Å². The van der Waals surface area contributed by atoms with E-state index in [0.717, 1.165) is 16.9 Å². The van der Waals surface area contributed by atoms with Crippen molar-refractivity contribution >= 4 is 23.2 Å². The lowest BCUT2D eigenvalue weighted by Crippen LogP contribution is -2.43. The summed E-state index contributed by atoms with van der Waals surface area (Å²) in [6, 6.07) is 0.992. The number of carbonyl (C=O) groups excluding carboxylic acids is 2. The second-order valence-electron chi connectivity index (χ2n) is 6.27. The molecule has 1 atom stereocenters. The van der Waals surface area contributed by atoms with Crippen LogP contribution in [0.1, 0.15) is 38.0 Å². The minimum atomic E-state index is -5.08. The molecule has 1 aliphatic heterocycles. The molecule has 0 spiro atoms. The second-order valence-corrected chi connectivity index (χ2v) is 7.27. The molecule has 3 rings (SSSR count). The topological polar surface area (TPSA) is 46.6 Å². The van der Waals surface area contributed by atoms with Crippen molar-refractivity contribution in [3.05, 3.63) is 56.8 Å². The highest BCUT2D eigenvalue weighted by atomic mass is 32.1. The van der Waals surface area contributed by atoms with Crippen molar-refractivity contribution in [1.29, 1.82) is 0 Å². The molecule has 0 fully saturated rings. The van der Waals surface area contributed by atoms with E-state index < -0.39 is 47.0 Å². The van der Waals surface area contributed by atoms with Crippen molar-refractivity contribution in [2.45, 2.75) is 24.8 Å². The van der Waals surface area contributed by atoms with Crippen LogP contribution in [0.25, 0.3) is 0 Å². The summed E-state index contributed by atoms with van der Waals surface area (Å²) in [6.07, 6.45) is -9.85. The first-order valence-electron chi connectivity index (χ1n) is 8.18. The molecule has 0 saturated carbocycles. The molecular formula is C18H13F6NO3S. The minimum absolute atomic E-state index is 0.0519. The Hall–Kier alpha value is -2.56. The van der Waals surface area contributed by atoms with Gasteiger partial charge in [0.05, 0.1) is 18.2 Å². The Morgan fingerprint density at radius 3 is 2.17 bits per heavy atom. The molecule has 0 bridgehead atoms. The largest absolute Gasteiger partial charge is 0.467 e. The van der Waals surface area contributed by atoms with Crippen LogP contribution in [0.5, 0.6) is 0 Å². The number of ether oxygens (including phenoxy) is 1. The smallest absolute Gasteiger partial charge is 0.416 e. The maximum atomic E-state index is 13.1. The average Bonchev–Trinajstić information content (AvgIpc) is 3.13. The molecule has 1 amide bonds. The first-order valence-corrected chi connectivity index (χ1v) is 9.06. The van der Waals surface area contributed by atoms with Gasteiger partial charge in [-0.3, -0.25) is 4.79 Å². The Bertz CT molecular complexity index is 918. The molecule has 11 heteroatoms. The van der Waals surface area contributed by atoms with E-state index in [4.69, 9.17) is 4.74 Å². The fourth-order valence-electron chi connectivity index (χ4n) is 3.15. The number of thiophene rings is 1. The number of rotatable bonds is 2. The van der Waals surface area contributed by atoms with Crippen molar-refractivity contribution in [3.8, 4) is 0 Å². The Balaban J connectivity index is 2.08. The highest BCUT2D eigenvalue weighted by molar-refractivity contribution is 7.10. The van der Waals surface area contributed by atoms with Gasteiger partial charge in [-0.05, 0) is 41.6 Å². The SMILES string of the molecule is COC(=O)C1c2ccsc2CCN1C(=O)c1cc(C(F)(F)F)cc(C(F)(F)F)c1.